The summed E-state index contributed by atoms with van der Waals surface area (Å²) in [6.45, 7) is 3.27. The molecule has 2 aliphatic carbocycles. The van der Waals surface area contributed by atoms with Crippen molar-refractivity contribution in [2.45, 2.75) is 31.9 Å². The second-order valence-corrected chi connectivity index (χ2v) is 6.07. The van der Waals surface area contributed by atoms with Crippen molar-refractivity contribution in [2.75, 3.05) is 14.1 Å². The van der Waals surface area contributed by atoms with Crippen molar-refractivity contribution in [3.05, 3.63) is 28.7 Å². The number of aromatic nitrogens is 1. The lowest BCUT2D eigenvalue weighted by Crippen LogP contribution is -2.60. The van der Waals surface area contributed by atoms with Gasteiger partial charge in [0.2, 0.25) is 5.78 Å². The van der Waals surface area contributed by atoms with Crippen molar-refractivity contribution in [3.63, 3.8) is 0 Å². The predicted octanol–water partition coefficient (Wildman–Crippen LogP) is 1.05. The first-order valence-corrected chi connectivity index (χ1v) is 6.91. The smallest absolute Gasteiger partial charge is 0.208 e. The van der Waals surface area contributed by atoms with E-state index >= 15 is 0 Å². The number of hydrogen-bond donors (Lipinski definition) is 1. The number of fused-ring (bicyclic) bond motifs is 2. The quantitative estimate of drug-likeness (QED) is 0.778. The lowest BCUT2D eigenvalue weighted by Gasteiger charge is -2.45. The van der Waals surface area contributed by atoms with Crippen molar-refractivity contribution in [1.29, 1.82) is 0 Å². The van der Waals surface area contributed by atoms with Crippen LogP contribution in [0.3, 0.4) is 0 Å². The lowest BCUT2D eigenvalue weighted by molar-refractivity contribution is -0.138. The fourth-order valence-electron chi connectivity index (χ4n) is 3.50. The molecule has 6 nitrogen and oxygen atoms in total. The molecule has 1 aromatic rings. The lowest BCUT2D eigenvalue weighted by atomic mass is 9.63. The Morgan fingerprint density at radius 3 is 2.62 bits per heavy atom. The van der Waals surface area contributed by atoms with Crippen LogP contribution in [0.4, 0.5) is 0 Å². The SMILES string of the molecule is CC1=CC[C@H]2[C@H](N(C)C)c3onc(C)c3C(=O)[C@@]2(O)C1=O. The van der Waals surface area contributed by atoms with Crippen molar-refractivity contribution < 1.29 is 19.2 Å². The molecule has 0 amide bonds. The maximum atomic E-state index is 12.8. The molecule has 1 aromatic heterocycles. The van der Waals surface area contributed by atoms with Gasteiger partial charge in [-0.1, -0.05) is 11.2 Å². The Morgan fingerprint density at radius 1 is 1.33 bits per heavy atom. The van der Waals surface area contributed by atoms with Gasteiger partial charge in [0.25, 0.3) is 0 Å². The Bertz CT molecular complexity index is 673. The first-order valence-electron chi connectivity index (χ1n) is 6.91. The van der Waals surface area contributed by atoms with E-state index in [-0.39, 0.29) is 11.6 Å². The Balaban J connectivity index is 2.28. The number of allylic oxidation sites excluding steroid dienone is 1. The average Bonchev–Trinajstić information content (AvgIpc) is 2.79. The Hall–Kier alpha value is -1.79. The molecular weight excluding hydrogens is 272 g/mol. The summed E-state index contributed by atoms with van der Waals surface area (Å²) in [4.78, 5) is 27.1. The second kappa shape index (κ2) is 4.35. The summed E-state index contributed by atoms with van der Waals surface area (Å²) in [5, 5.41) is 14.8. The molecule has 0 aliphatic heterocycles. The van der Waals surface area contributed by atoms with Gasteiger partial charge in [0.15, 0.2) is 17.1 Å². The number of aliphatic hydroxyl groups is 1. The monoisotopic (exact) mass is 290 g/mol. The van der Waals surface area contributed by atoms with Crippen LogP contribution in [0.2, 0.25) is 0 Å². The summed E-state index contributed by atoms with van der Waals surface area (Å²) in [5.74, 6) is -1.22. The summed E-state index contributed by atoms with van der Waals surface area (Å²) >= 11 is 0. The summed E-state index contributed by atoms with van der Waals surface area (Å²) in [5.41, 5.74) is -0.932. The molecule has 0 bridgehead atoms. The largest absolute Gasteiger partial charge is 0.374 e. The van der Waals surface area contributed by atoms with Crippen molar-refractivity contribution in [2.24, 2.45) is 5.92 Å². The molecule has 0 saturated heterocycles. The number of carbonyl (C=O) groups excluding carboxylic acids is 2. The van der Waals surface area contributed by atoms with Crippen molar-refractivity contribution in [1.82, 2.24) is 10.1 Å². The van der Waals surface area contributed by atoms with E-state index in [9.17, 15) is 14.7 Å². The van der Waals surface area contributed by atoms with E-state index in [4.69, 9.17) is 4.52 Å². The predicted molar refractivity (Wildman–Crippen MR) is 73.8 cm³/mol. The first kappa shape index (κ1) is 14.2. The number of carbonyl (C=O) groups is 2. The maximum Gasteiger partial charge on any atom is 0.208 e. The Kier molecular flexibility index (Phi) is 2.93. The van der Waals surface area contributed by atoms with Crippen LogP contribution in [-0.4, -0.2) is 46.4 Å². The second-order valence-electron chi connectivity index (χ2n) is 6.07. The van der Waals surface area contributed by atoms with Gasteiger partial charge in [-0.05, 0) is 39.9 Å². The highest BCUT2D eigenvalue weighted by atomic mass is 16.5. The van der Waals surface area contributed by atoms with Crippen LogP contribution in [0.1, 0.15) is 41.2 Å². The third-order valence-electron chi connectivity index (χ3n) is 4.59. The van der Waals surface area contributed by atoms with Gasteiger partial charge in [0, 0.05) is 5.92 Å². The molecule has 0 fully saturated rings. The van der Waals surface area contributed by atoms with Crippen LogP contribution in [0.15, 0.2) is 16.2 Å². The van der Waals surface area contributed by atoms with Gasteiger partial charge in [-0.15, -0.1) is 0 Å². The number of rotatable bonds is 1. The molecule has 21 heavy (non-hydrogen) atoms. The summed E-state index contributed by atoms with van der Waals surface area (Å²) in [7, 11) is 3.66. The number of aryl methyl sites for hydroxylation is 1. The van der Waals surface area contributed by atoms with Gasteiger partial charge < -0.3 is 9.63 Å². The third-order valence-corrected chi connectivity index (χ3v) is 4.59. The Morgan fingerprint density at radius 2 is 2.00 bits per heavy atom. The Labute approximate surface area is 122 Å². The third kappa shape index (κ3) is 1.63. The van der Waals surface area contributed by atoms with Crippen molar-refractivity contribution >= 4 is 11.6 Å². The van der Waals surface area contributed by atoms with E-state index < -0.39 is 23.1 Å². The first-order chi connectivity index (χ1) is 9.80. The molecule has 0 spiro atoms. The molecule has 3 atom stereocenters. The molecule has 1 N–H and O–H groups in total. The number of ketones is 2. The highest BCUT2D eigenvalue weighted by Gasteiger charge is 2.61. The summed E-state index contributed by atoms with van der Waals surface area (Å²) in [6.07, 6.45) is 2.22. The summed E-state index contributed by atoms with van der Waals surface area (Å²) < 4.78 is 5.33. The van der Waals surface area contributed by atoms with Gasteiger partial charge in [-0.2, -0.15) is 0 Å². The van der Waals surface area contributed by atoms with Crippen LogP contribution in [0.5, 0.6) is 0 Å². The average molecular weight is 290 g/mol. The zero-order valence-corrected chi connectivity index (χ0v) is 12.5. The molecule has 0 saturated carbocycles. The van der Waals surface area contributed by atoms with Gasteiger partial charge >= 0.3 is 0 Å². The molecular formula is C15H18N2O4. The maximum absolute atomic E-state index is 12.8. The normalized spacial score (nSPS) is 32.0. The number of hydrogen-bond acceptors (Lipinski definition) is 6. The van der Waals surface area contributed by atoms with E-state index in [2.05, 4.69) is 5.16 Å². The van der Waals surface area contributed by atoms with Crippen LogP contribution < -0.4 is 0 Å². The summed E-state index contributed by atoms with van der Waals surface area (Å²) in [6, 6.07) is -0.364. The van der Waals surface area contributed by atoms with E-state index in [0.717, 1.165) is 0 Å². The highest BCUT2D eigenvalue weighted by Crippen LogP contribution is 2.48. The molecule has 3 rings (SSSR count). The molecule has 2 aliphatic rings. The van der Waals surface area contributed by atoms with Crippen molar-refractivity contribution in [3.8, 4) is 0 Å². The highest BCUT2D eigenvalue weighted by molar-refractivity contribution is 6.24. The molecule has 1 heterocycles. The fourth-order valence-corrected chi connectivity index (χ4v) is 3.50. The topological polar surface area (TPSA) is 83.6 Å². The molecule has 0 aromatic carbocycles. The van der Waals surface area contributed by atoms with E-state index in [0.29, 0.717) is 23.4 Å². The van der Waals surface area contributed by atoms with E-state index in [1.165, 1.54) is 0 Å². The van der Waals surface area contributed by atoms with Gasteiger partial charge in [0.1, 0.15) is 0 Å². The van der Waals surface area contributed by atoms with E-state index in [1.54, 1.807) is 19.9 Å². The van der Waals surface area contributed by atoms with Crippen LogP contribution in [-0.2, 0) is 4.79 Å². The molecule has 6 heteroatoms. The van der Waals surface area contributed by atoms with Gasteiger partial charge in [0.05, 0.1) is 17.3 Å². The molecule has 0 unspecified atom stereocenters. The molecule has 112 valence electrons. The van der Waals surface area contributed by atoms with Crippen LogP contribution in [0.25, 0.3) is 0 Å². The van der Waals surface area contributed by atoms with Crippen LogP contribution in [0, 0.1) is 12.8 Å². The number of Topliss-reactive ketones (excluding diaryl/α,β-unsaturated/α-hetero) is 2. The minimum Gasteiger partial charge on any atom is -0.374 e. The van der Waals surface area contributed by atoms with Gasteiger partial charge in [-0.3, -0.25) is 14.5 Å². The fraction of sp³-hybridized carbons (Fsp3) is 0.533. The zero-order valence-electron chi connectivity index (χ0n) is 12.5. The van der Waals surface area contributed by atoms with Crippen LogP contribution >= 0.6 is 0 Å². The number of nitrogens with zero attached hydrogens (tertiary/aromatic N) is 2. The minimum atomic E-state index is -2.02. The molecule has 0 radical (unpaired) electrons. The minimum absolute atomic E-state index is 0.246. The zero-order chi connectivity index (χ0) is 15.5. The van der Waals surface area contributed by atoms with E-state index in [1.807, 2.05) is 19.0 Å². The van der Waals surface area contributed by atoms with Gasteiger partial charge in [-0.25, -0.2) is 0 Å². The standard InChI is InChI=1S/C15H18N2O4/c1-7-5-6-9-11(17(3)4)12-10(8(2)16-21-12)14(19)15(9,20)13(7)18/h5,9,11,20H,6H2,1-4H3/t9-,11-,15-/m0/s1.